The standard InChI is InChI=1S/C23H19F6N3O2/c24-22(25,26)16-8-5-14(6-9-16)3-2-12-33-19-10-7-15(13-17(19)23(27,28)29)20-31-21(34-32-20)18-4-1-11-30-18/h2-3,5-10,13,18,30H,1,4,11-12H2/b3-2+. The number of nitrogens with one attached hydrogen (secondary N) is 1. The van der Waals surface area contributed by atoms with Gasteiger partial charge in [-0.05, 0) is 61.4 Å². The lowest BCUT2D eigenvalue weighted by atomic mass is 10.1. The first kappa shape index (κ1) is 23.8. The number of ether oxygens (including phenoxy) is 1. The largest absolute Gasteiger partial charge is 0.489 e. The SMILES string of the molecule is FC(F)(F)c1ccc(/C=C/COc2ccc(-c3noc(C4CCCN4)n3)cc2C(F)(F)F)cc1. The molecular formula is C23H19F6N3O2. The van der Waals surface area contributed by atoms with E-state index >= 15 is 0 Å². The highest BCUT2D eigenvalue weighted by atomic mass is 19.4. The summed E-state index contributed by atoms with van der Waals surface area (Å²) < 4.78 is 89.2. The number of hydrogen-bond donors (Lipinski definition) is 1. The Balaban J connectivity index is 1.46. The summed E-state index contributed by atoms with van der Waals surface area (Å²) in [7, 11) is 0. The molecular weight excluding hydrogens is 464 g/mol. The fourth-order valence-electron chi connectivity index (χ4n) is 3.51. The molecule has 1 N–H and O–H groups in total. The van der Waals surface area contributed by atoms with Crippen LogP contribution in [0.3, 0.4) is 0 Å². The van der Waals surface area contributed by atoms with Crippen LogP contribution < -0.4 is 10.1 Å². The molecule has 0 amide bonds. The van der Waals surface area contributed by atoms with Crippen molar-refractivity contribution in [1.82, 2.24) is 15.5 Å². The Morgan fingerprint density at radius 1 is 1.03 bits per heavy atom. The molecule has 2 aromatic carbocycles. The van der Waals surface area contributed by atoms with E-state index in [1.165, 1.54) is 36.4 Å². The number of nitrogens with zero attached hydrogens (tertiary/aromatic N) is 2. The highest BCUT2D eigenvalue weighted by molar-refractivity contribution is 5.59. The number of alkyl halides is 6. The van der Waals surface area contributed by atoms with E-state index in [1.54, 1.807) is 0 Å². The molecule has 0 bridgehead atoms. The van der Waals surface area contributed by atoms with Crippen LogP contribution in [-0.4, -0.2) is 23.3 Å². The van der Waals surface area contributed by atoms with Crippen molar-refractivity contribution in [2.45, 2.75) is 31.2 Å². The third kappa shape index (κ3) is 5.58. The van der Waals surface area contributed by atoms with Gasteiger partial charge in [0.25, 0.3) is 0 Å². The van der Waals surface area contributed by atoms with Crippen LogP contribution in [0.4, 0.5) is 26.3 Å². The third-order valence-electron chi connectivity index (χ3n) is 5.23. The Morgan fingerprint density at radius 2 is 1.79 bits per heavy atom. The van der Waals surface area contributed by atoms with E-state index in [-0.39, 0.29) is 24.0 Å². The Bertz CT molecular complexity index is 1150. The highest BCUT2D eigenvalue weighted by Crippen LogP contribution is 2.38. The van der Waals surface area contributed by atoms with Gasteiger partial charge >= 0.3 is 12.4 Å². The Morgan fingerprint density at radius 3 is 2.44 bits per heavy atom. The van der Waals surface area contributed by atoms with Crippen LogP contribution in [0.5, 0.6) is 5.75 Å². The van der Waals surface area contributed by atoms with Gasteiger partial charge in [-0.15, -0.1) is 0 Å². The Hall–Kier alpha value is -3.34. The van der Waals surface area contributed by atoms with Gasteiger partial charge in [-0.1, -0.05) is 23.4 Å². The van der Waals surface area contributed by atoms with E-state index < -0.39 is 29.2 Å². The number of rotatable bonds is 6. The van der Waals surface area contributed by atoms with E-state index in [1.807, 2.05) is 0 Å². The molecule has 0 spiro atoms. The van der Waals surface area contributed by atoms with Crippen molar-refractivity contribution in [3.8, 4) is 17.1 Å². The summed E-state index contributed by atoms with van der Waals surface area (Å²) in [5.41, 5.74) is -1.21. The number of hydrogen-bond acceptors (Lipinski definition) is 5. The fourth-order valence-corrected chi connectivity index (χ4v) is 3.51. The zero-order valence-electron chi connectivity index (χ0n) is 17.6. The summed E-state index contributed by atoms with van der Waals surface area (Å²) in [4.78, 5) is 4.22. The maximum absolute atomic E-state index is 13.6. The van der Waals surface area contributed by atoms with Crippen molar-refractivity contribution in [3.63, 3.8) is 0 Å². The van der Waals surface area contributed by atoms with Gasteiger partial charge in [-0.25, -0.2) is 0 Å². The number of aromatic nitrogens is 2. The predicted octanol–water partition coefficient (Wildman–Crippen LogP) is 6.29. The number of benzene rings is 2. The van der Waals surface area contributed by atoms with E-state index in [4.69, 9.17) is 9.26 Å². The van der Waals surface area contributed by atoms with Crippen molar-refractivity contribution in [3.05, 3.63) is 71.1 Å². The van der Waals surface area contributed by atoms with Crippen molar-refractivity contribution in [2.75, 3.05) is 13.2 Å². The molecule has 1 fully saturated rings. The van der Waals surface area contributed by atoms with Crippen LogP contribution >= 0.6 is 0 Å². The van der Waals surface area contributed by atoms with Gasteiger partial charge in [0.1, 0.15) is 12.4 Å². The van der Waals surface area contributed by atoms with Crippen molar-refractivity contribution in [2.24, 2.45) is 0 Å². The molecule has 0 saturated carbocycles. The lowest BCUT2D eigenvalue weighted by Gasteiger charge is -2.14. The quantitative estimate of drug-likeness (QED) is 0.418. The molecule has 0 radical (unpaired) electrons. The van der Waals surface area contributed by atoms with Crippen LogP contribution in [0, 0.1) is 0 Å². The van der Waals surface area contributed by atoms with Gasteiger partial charge in [-0.3, -0.25) is 0 Å². The van der Waals surface area contributed by atoms with Gasteiger partial charge in [0.2, 0.25) is 11.7 Å². The van der Waals surface area contributed by atoms with E-state index in [2.05, 4.69) is 15.5 Å². The normalized spacial score (nSPS) is 16.9. The second kappa shape index (κ2) is 9.49. The first-order valence-electron chi connectivity index (χ1n) is 10.4. The van der Waals surface area contributed by atoms with E-state index in [0.717, 1.165) is 37.6 Å². The molecule has 1 atom stereocenters. The summed E-state index contributed by atoms with van der Waals surface area (Å²) in [6.45, 7) is 0.586. The Kier molecular flexibility index (Phi) is 6.65. The van der Waals surface area contributed by atoms with Crippen LogP contribution in [0.1, 0.15) is 41.5 Å². The highest BCUT2D eigenvalue weighted by Gasteiger charge is 2.35. The lowest BCUT2D eigenvalue weighted by molar-refractivity contribution is -0.139. The second-order valence-corrected chi connectivity index (χ2v) is 7.65. The van der Waals surface area contributed by atoms with Gasteiger partial charge in [0, 0.05) is 5.56 Å². The van der Waals surface area contributed by atoms with Crippen molar-refractivity contribution in [1.29, 1.82) is 0 Å². The van der Waals surface area contributed by atoms with Crippen LogP contribution in [0.25, 0.3) is 17.5 Å². The topological polar surface area (TPSA) is 60.2 Å². The van der Waals surface area contributed by atoms with Gasteiger partial charge in [0.05, 0.1) is 17.2 Å². The van der Waals surface area contributed by atoms with Crippen molar-refractivity contribution < 1.29 is 35.6 Å². The van der Waals surface area contributed by atoms with Gasteiger partial charge in [0.15, 0.2) is 0 Å². The molecule has 4 rings (SSSR count). The zero-order chi connectivity index (χ0) is 24.3. The zero-order valence-corrected chi connectivity index (χ0v) is 17.6. The summed E-state index contributed by atoms with van der Waals surface area (Å²) in [5.74, 6) is -0.0211. The number of halogens is 6. The molecule has 1 unspecified atom stereocenters. The summed E-state index contributed by atoms with van der Waals surface area (Å²) in [6.07, 6.45) is -4.51. The molecule has 3 aromatic rings. The van der Waals surface area contributed by atoms with Crippen LogP contribution in [0.2, 0.25) is 0 Å². The minimum Gasteiger partial charge on any atom is -0.489 e. The predicted molar refractivity (Wildman–Crippen MR) is 111 cm³/mol. The second-order valence-electron chi connectivity index (χ2n) is 7.65. The molecule has 11 heteroatoms. The minimum absolute atomic E-state index is 0.0444. The van der Waals surface area contributed by atoms with E-state index in [9.17, 15) is 26.3 Å². The summed E-state index contributed by atoms with van der Waals surface area (Å²) >= 11 is 0. The molecule has 1 saturated heterocycles. The van der Waals surface area contributed by atoms with Gasteiger partial charge in [-0.2, -0.15) is 31.3 Å². The smallest absolute Gasteiger partial charge is 0.419 e. The molecule has 2 heterocycles. The Labute approximate surface area is 190 Å². The lowest BCUT2D eigenvalue weighted by Crippen LogP contribution is -2.13. The molecule has 1 aromatic heterocycles. The third-order valence-corrected chi connectivity index (χ3v) is 5.23. The molecule has 5 nitrogen and oxygen atoms in total. The summed E-state index contributed by atoms with van der Waals surface area (Å²) in [6, 6.07) is 7.73. The van der Waals surface area contributed by atoms with Crippen molar-refractivity contribution >= 4 is 6.08 Å². The van der Waals surface area contributed by atoms with Crippen LogP contribution in [-0.2, 0) is 12.4 Å². The fraction of sp³-hybridized carbons (Fsp3) is 0.304. The average Bonchev–Trinajstić information content (AvgIpc) is 3.48. The molecule has 1 aliphatic rings. The van der Waals surface area contributed by atoms with Gasteiger partial charge < -0.3 is 14.6 Å². The summed E-state index contributed by atoms with van der Waals surface area (Å²) in [5, 5.41) is 6.98. The van der Waals surface area contributed by atoms with Crippen LogP contribution in [0.15, 0.2) is 53.1 Å². The molecule has 0 aliphatic carbocycles. The minimum atomic E-state index is -4.69. The molecule has 1 aliphatic heterocycles. The first-order valence-corrected chi connectivity index (χ1v) is 10.4. The maximum Gasteiger partial charge on any atom is 0.419 e. The first-order chi connectivity index (χ1) is 16.1. The molecule has 34 heavy (non-hydrogen) atoms. The van der Waals surface area contributed by atoms with E-state index in [0.29, 0.717) is 11.5 Å². The maximum atomic E-state index is 13.6. The molecule has 180 valence electrons. The monoisotopic (exact) mass is 483 g/mol. The average molecular weight is 483 g/mol.